The van der Waals surface area contributed by atoms with Crippen LogP contribution >= 0.6 is 0 Å². The molecular formula is C24H42F3N3Si4. The smallest absolute Gasteiger partial charge is 0.377 e. The molecule has 2 rings (SSSR count). The molecule has 0 N–H and O–H groups in total. The number of nitrogens with zero attached hydrogens (tertiary/aromatic N) is 3. The van der Waals surface area contributed by atoms with Crippen LogP contribution in [-0.4, -0.2) is 54.8 Å². The van der Waals surface area contributed by atoms with Gasteiger partial charge in [-0.2, -0.15) is 0 Å². The van der Waals surface area contributed by atoms with Crippen molar-refractivity contribution in [3.05, 3.63) is 60.7 Å². The fourth-order valence-electron chi connectivity index (χ4n) is 5.03. The molecule has 0 bridgehead atoms. The fraction of sp³-hybridized carbons (Fsp3) is 0.500. The molecule has 0 saturated carbocycles. The van der Waals surface area contributed by atoms with Crippen LogP contribution in [0.1, 0.15) is 27.7 Å². The van der Waals surface area contributed by atoms with Gasteiger partial charge in [-0.1, -0.05) is 116 Å². The Balaban J connectivity index is 3.01. The monoisotopic (exact) mass is 541 g/mol. The highest BCUT2D eigenvalue weighted by molar-refractivity contribution is 7.04. The third kappa shape index (κ3) is 5.79. The van der Waals surface area contributed by atoms with E-state index in [4.69, 9.17) is 0 Å². The fourth-order valence-corrected chi connectivity index (χ4v) is 22.9. The van der Waals surface area contributed by atoms with Gasteiger partial charge in [-0.05, 0) is 18.2 Å². The van der Waals surface area contributed by atoms with E-state index in [2.05, 4.69) is 39.3 Å². The Morgan fingerprint density at radius 1 is 0.588 bits per heavy atom. The van der Waals surface area contributed by atoms with Crippen LogP contribution in [0.15, 0.2) is 60.7 Å². The number of hydrogen-bond donors (Lipinski definition) is 0. The first-order valence-corrected chi connectivity index (χ1v) is 22.3. The van der Waals surface area contributed by atoms with E-state index in [9.17, 15) is 0 Å². The normalized spacial score (nSPS) is 15.3. The minimum Gasteiger partial charge on any atom is -0.377 e. The maximum atomic E-state index is 18.7. The number of anilines is 1. The average Bonchev–Trinajstić information content (AvgIpc) is 2.66. The molecule has 0 aliphatic rings. The average molecular weight is 542 g/mol. The van der Waals surface area contributed by atoms with Gasteiger partial charge in [-0.3, -0.25) is 4.23 Å². The van der Waals surface area contributed by atoms with E-state index in [1.165, 1.54) is 12.1 Å². The van der Waals surface area contributed by atoms with Crippen molar-refractivity contribution in [2.45, 2.75) is 79.1 Å². The zero-order chi connectivity index (χ0) is 26.1. The van der Waals surface area contributed by atoms with Crippen LogP contribution in [0.25, 0.3) is 0 Å². The lowest BCUT2D eigenvalue weighted by molar-refractivity contribution is 0.315. The van der Waals surface area contributed by atoms with Gasteiger partial charge in [-0.15, -0.1) is 0 Å². The van der Waals surface area contributed by atoms with E-state index in [1.54, 1.807) is 32.0 Å². The summed E-state index contributed by atoms with van der Waals surface area (Å²) in [5.74, 6) is 0. The van der Waals surface area contributed by atoms with Crippen molar-refractivity contribution >= 4 is 45.1 Å². The van der Waals surface area contributed by atoms with Crippen LogP contribution < -0.4 is 9.42 Å². The van der Waals surface area contributed by atoms with Crippen LogP contribution in [0.2, 0.25) is 39.3 Å². The maximum absolute atomic E-state index is 18.7. The highest BCUT2D eigenvalue weighted by atomic mass is 28.5. The molecular weight excluding hydrogens is 500 g/mol. The zero-order valence-electron chi connectivity index (χ0n) is 22.4. The van der Waals surface area contributed by atoms with Crippen LogP contribution in [0.3, 0.4) is 0 Å². The van der Waals surface area contributed by atoms with E-state index in [1.807, 2.05) is 52.6 Å². The predicted molar refractivity (Wildman–Crippen MR) is 150 cm³/mol. The lowest BCUT2D eigenvalue weighted by Crippen LogP contribution is -2.87. The van der Waals surface area contributed by atoms with Crippen molar-refractivity contribution in [1.82, 2.24) is 8.46 Å². The van der Waals surface area contributed by atoms with Crippen LogP contribution in [0, 0.1) is 0 Å². The van der Waals surface area contributed by atoms with Gasteiger partial charge in [0.25, 0.3) is 0 Å². The van der Waals surface area contributed by atoms with Gasteiger partial charge >= 0.3 is 17.8 Å². The Labute approximate surface area is 209 Å². The van der Waals surface area contributed by atoms with Gasteiger partial charge in [0, 0.05) is 16.9 Å². The van der Waals surface area contributed by atoms with Crippen molar-refractivity contribution in [2.24, 2.45) is 0 Å². The summed E-state index contributed by atoms with van der Waals surface area (Å²) in [5.41, 5.74) is 0.697. The first-order valence-electron chi connectivity index (χ1n) is 12.0. The molecule has 1 unspecified atom stereocenters. The van der Waals surface area contributed by atoms with Gasteiger partial charge < -0.3 is 4.23 Å². The second-order valence-electron chi connectivity index (χ2n) is 11.4. The largest absolute Gasteiger partial charge is 0.538 e. The van der Waals surface area contributed by atoms with E-state index >= 15 is 12.3 Å². The topological polar surface area (TPSA) is 9.72 Å². The molecule has 0 heterocycles. The van der Waals surface area contributed by atoms with E-state index in [0.29, 0.717) is 5.69 Å². The number of halogens is 3. The third-order valence-electron chi connectivity index (χ3n) is 5.76. The second kappa shape index (κ2) is 10.4. The number of hydrogen-bond acceptors (Lipinski definition) is 3. The second-order valence-corrected chi connectivity index (χ2v) is 27.0. The molecule has 190 valence electrons. The number of para-hydroxylation sites is 1. The van der Waals surface area contributed by atoms with E-state index in [0.717, 1.165) is 4.23 Å². The lowest BCUT2D eigenvalue weighted by Gasteiger charge is -2.59. The molecule has 0 fully saturated rings. The van der Waals surface area contributed by atoms with Crippen molar-refractivity contribution < 1.29 is 12.3 Å². The molecule has 10 heteroatoms. The summed E-state index contributed by atoms with van der Waals surface area (Å²) in [6.07, 6.45) is 0. The Bertz CT molecular complexity index is 919. The predicted octanol–water partition coefficient (Wildman–Crippen LogP) is 6.77. The Kier molecular flexibility index (Phi) is 8.91. The molecule has 3 nitrogen and oxygen atoms in total. The molecule has 0 aliphatic heterocycles. The highest BCUT2D eigenvalue weighted by Gasteiger charge is 2.69. The zero-order valence-corrected chi connectivity index (χ0v) is 26.4. The van der Waals surface area contributed by atoms with E-state index < -0.39 is 40.3 Å². The summed E-state index contributed by atoms with van der Waals surface area (Å²) >= 11 is 0. The Hall–Kier alpha value is -1.18. The van der Waals surface area contributed by atoms with Crippen molar-refractivity contribution in [3.63, 3.8) is 0 Å². The van der Waals surface area contributed by atoms with Crippen LogP contribution in [0.5, 0.6) is 0 Å². The van der Waals surface area contributed by atoms with Gasteiger partial charge in [0.1, 0.15) is 16.5 Å². The van der Waals surface area contributed by atoms with Crippen LogP contribution in [0.4, 0.5) is 18.0 Å². The maximum Gasteiger partial charge on any atom is 0.538 e. The summed E-state index contributed by atoms with van der Waals surface area (Å²) in [4.78, 5) is 0. The van der Waals surface area contributed by atoms with Gasteiger partial charge in [0.15, 0.2) is 0 Å². The molecule has 2 aromatic carbocycles. The van der Waals surface area contributed by atoms with Crippen LogP contribution in [-0.2, 0) is 0 Å². The lowest BCUT2D eigenvalue weighted by atomic mass is 10.3. The third-order valence-corrected chi connectivity index (χ3v) is 22.0. The number of benzene rings is 2. The van der Waals surface area contributed by atoms with Gasteiger partial charge in [0.05, 0.1) is 0 Å². The highest BCUT2D eigenvalue weighted by Crippen LogP contribution is 2.40. The van der Waals surface area contributed by atoms with Gasteiger partial charge in [-0.25, -0.2) is 16.6 Å². The van der Waals surface area contributed by atoms with Crippen molar-refractivity contribution in [2.75, 3.05) is 4.23 Å². The first-order chi connectivity index (χ1) is 15.5. The minimum atomic E-state index is -5.39. The summed E-state index contributed by atoms with van der Waals surface area (Å²) in [6.45, 7) is 19.7. The first kappa shape index (κ1) is 29.1. The molecule has 34 heavy (non-hydrogen) atoms. The number of rotatable bonds is 10. The summed E-state index contributed by atoms with van der Waals surface area (Å²) in [5, 5.41) is -0.0407. The van der Waals surface area contributed by atoms with Gasteiger partial charge in [0.2, 0.25) is 0 Å². The SMILES string of the molecule is CC(C)N([Si](C)(C)C)[Si](F)(N(c1ccccc1)[Si](C)(C)C)N(C(C)C)[Si](F)(F)c1ccccc1. The van der Waals surface area contributed by atoms with E-state index in [-0.39, 0.29) is 11.2 Å². The summed E-state index contributed by atoms with van der Waals surface area (Å²) in [7, 11) is -14.9. The molecule has 0 aliphatic carbocycles. The molecule has 0 saturated heterocycles. The molecule has 0 aromatic heterocycles. The summed E-state index contributed by atoms with van der Waals surface area (Å²) in [6, 6.07) is 16.4. The van der Waals surface area contributed by atoms with Crippen molar-refractivity contribution in [1.29, 1.82) is 0 Å². The molecule has 0 spiro atoms. The Morgan fingerprint density at radius 3 is 1.35 bits per heavy atom. The minimum absolute atomic E-state index is 0.0407. The summed E-state index contributed by atoms with van der Waals surface area (Å²) < 4.78 is 56.9. The Morgan fingerprint density at radius 2 is 1.00 bits per heavy atom. The molecule has 1 atom stereocenters. The molecule has 2 aromatic rings. The molecule has 0 radical (unpaired) electrons. The quantitative estimate of drug-likeness (QED) is 0.243. The standard InChI is InChI=1S/C24H42F3N3Si4/c1-21(2)28(31(5,6)7)34(27,30(32(8,9)10)23-17-13-11-14-18-23)29(22(3)4)33(25,26)24-19-15-12-16-20-24/h11-22H,1-10H3. The van der Waals surface area contributed by atoms with Crippen molar-refractivity contribution in [3.8, 4) is 0 Å². The molecule has 0 amide bonds.